The van der Waals surface area contributed by atoms with E-state index in [1.54, 1.807) is 50.9 Å². The van der Waals surface area contributed by atoms with E-state index < -0.39 is 23.7 Å². The summed E-state index contributed by atoms with van der Waals surface area (Å²) in [5, 5.41) is 7.20. The van der Waals surface area contributed by atoms with Crippen molar-refractivity contribution in [1.29, 1.82) is 0 Å². The number of ether oxygens (including phenoxy) is 2. The van der Waals surface area contributed by atoms with Crippen LogP contribution in [0, 0.1) is 5.92 Å². The molecule has 8 nitrogen and oxygen atoms in total. The predicted molar refractivity (Wildman–Crippen MR) is 111 cm³/mol. The van der Waals surface area contributed by atoms with Gasteiger partial charge in [0, 0.05) is 20.0 Å². The Morgan fingerprint density at radius 1 is 1.39 bits per heavy atom. The fourth-order valence-electron chi connectivity index (χ4n) is 3.80. The van der Waals surface area contributed by atoms with Gasteiger partial charge in [-0.1, -0.05) is 0 Å². The molecule has 1 amide bonds. The van der Waals surface area contributed by atoms with Gasteiger partial charge in [-0.25, -0.2) is 23.1 Å². The number of imidazole rings is 1. The average Bonchev–Trinajstić information content (AvgIpc) is 3.08. The minimum Gasteiger partial charge on any atom is -0.444 e. The second-order valence-corrected chi connectivity index (χ2v) is 9.14. The predicted octanol–water partition coefficient (Wildman–Crippen LogP) is 3.77. The van der Waals surface area contributed by atoms with E-state index in [1.807, 2.05) is 0 Å². The van der Waals surface area contributed by atoms with Gasteiger partial charge >= 0.3 is 6.09 Å². The average molecular weight is 440 g/mol. The minimum absolute atomic E-state index is 0.188. The molecule has 2 unspecified atom stereocenters. The lowest BCUT2D eigenvalue weighted by atomic mass is 9.81. The molecule has 0 saturated heterocycles. The van der Waals surface area contributed by atoms with E-state index >= 15 is 0 Å². The Labute approximate surface area is 180 Å². The zero-order valence-corrected chi connectivity index (χ0v) is 18.4. The van der Waals surface area contributed by atoms with Gasteiger partial charge in [0.1, 0.15) is 5.60 Å². The van der Waals surface area contributed by atoms with Gasteiger partial charge in [-0.15, -0.1) is 0 Å². The van der Waals surface area contributed by atoms with E-state index in [0.717, 1.165) is 5.56 Å². The molecule has 0 aromatic carbocycles. The topological polar surface area (TPSA) is 104 Å². The quantitative estimate of drug-likeness (QED) is 0.710. The summed E-state index contributed by atoms with van der Waals surface area (Å²) in [6.07, 6.45) is 2.85. The maximum atomic E-state index is 13.7. The number of alkyl halides is 2. The summed E-state index contributed by atoms with van der Waals surface area (Å²) in [6, 6.07) is 0.891. The van der Waals surface area contributed by atoms with Crippen LogP contribution in [-0.2, 0) is 9.47 Å². The van der Waals surface area contributed by atoms with Crippen molar-refractivity contribution >= 4 is 11.7 Å². The van der Waals surface area contributed by atoms with E-state index in [1.165, 1.54) is 0 Å². The van der Waals surface area contributed by atoms with Crippen LogP contribution in [0.3, 0.4) is 0 Å². The maximum Gasteiger partial charge on any atom is 0.408 e. The number of carbonyl (C=O) groups is 1. The summed E-state index contributed by atoms with van der Waals surface area (Å²) >= 11 is 0. The molecule has 2 aromatic heterocycles. The maximum absolute atomic E-state index is 13.7. The zero-order valence-electron chi connectivity index (χ0n) is 18.4. The molecule has 0 bridgehead atoms. The first kappa shape index (κ1) is 23.3. The number of fused-ring (bicyclic) bond motifs is 1. The lowest BCUT2D eigenvalue weighted by Gasteiger charge is -2.33. The first-order valence-electron chi connectivity index (χ1n) is 10.4. The number of amides is 1. The van der Waals surface area contributed by atoms with E-state index in [0.29, 0.717) is 17.9 Å². The number of halogens is 2. The number of alkyl carbamates (subject to hydrolysis) is 1. The Kier molecular flexibility index (Phi) is 6.80. The first-order valence-corrected chi connectivity index (χ1v) is 10.4. The van der Waals surface area contributed by atoms with Gasteiger partial charge in [0.2, 0.25) is 5.92 Å². The Hall–Kier alpha value is -2.33. The number of hydrogen-bond donors (Lipinski definition) is 2. The van der Waals surface area contributed by atoms with Crippen LogP contribution < -0.4 is 11.1 Å². The summed E-state index contributed by atoms with van der Waals surface area (Å²) in [4.78, 5) is 17.1. The van der Waals surface area contributed by atoms with Crippen molar-refractivity contribution in [3.8, 4) is 0 Å². The highest BCUT2D eigenvalue weighted by molar-refractivity contribution is 5.68. The van der Waals surface area contributed by atoms with E-state index in [-0.39, 0.29) is 37.6 Å². The lowest BCUT2D eigenvalue weighted by Crippen LogP contribution is -2.40. The van der Waals surface area contributed by atoms with E-state index in [2.05, 4.69) is 15.4 Å². The molecule has 2 atom stereocenters. The standard InChI is InChI=1S/C21H31F2N5O3/c1-20(2,3)31-19(29)27-18(13-5-7-21(22,23)8-6-13)16-11-28-17(26-16)9-14(10-25-28)15(24)12-30-4/h9-11,13,15,18H,5-8,12,24H2,1-4H3,(H,27,29). The third kappa shape index (κ3) is 6.10. The highest BCUT2D eigenvalue weighted by Crippen LogP contribution is 2.41. The second-order valence-electron chi connectivity index (χ2n) is 9.14. The molecule has 0 aliphatic heterocycles. The van der Waals surface area contributed by atoms with Crippen molar-refractivity contribution < 1.29 is 23.0 Å². The summed E-state index contributed by atoms with van der Waals surface area (Å²) in [5.74, 6) is -2.85. The fraction of sp³-hybridized carbons (Fsp3) is 0.667. The summed E-state index contributed by atoms with van der Waals surface area (Å²) in [7, 11) is 1.57. The van der Waals surface area contributed by atoms with Crippen molar-refractivity contribution in [2.45, 2.75) is 70.1 Å². The summed E-state index contributed by atoms with van der Waals surface area (Å²) < 4.78 is 39.5. The normalized spacial score (nSPS) is 19.2. The molecule has 0 radical (unpaired) electrons. The Bertz CT molecular complexity index is 902. The molecule has 10 heteroatoms. The van der Waals surface area contributed by atoms with Gasteiger partial charge in [-0.3, -0.25) is 0 Å². The van der Waals surface area contributed by atoms with Crippen LogP contribution in [0.5, 0.6) is 0 Å². The molecule has 2 heterocycles. The molecule has 3 N–H and O–H groups in total. The second kappa shape index (κ2) is 9.04. The molecule has 1 aliphatic carbocycles. The first-order chi connectivity index (χ1) is 14.5. The number of hydrogen-bond acceptors (Lipinski definition) is 6. The fourth-order valence-corrected chi connectivity index (χ4v) is 3.80. The molecule has 1 fully saturated rings. The van der Waals surface area contributed by atoms with Crippen LogP contribution in [0.25, 0.3) is 5.65 Å². The Morgan fingerprint density at radius 3 is 2.68 bits per heavy atom. The highest BCUT2D eigenvalue weighted by Gasteiger charge is 2.39. The zero-order chi connectivity index (χ0) is 22.8. The van der Waals surface area contributed by atoms with Crippen molar-refractivity contribution in [2.75, 3.05) is 13.7 Å². The van der Waals surface area contributed by atoms with Gasteiger partial charge in [-0.2, -0.15) is 5.10 Å². The smallest absolute Gasteiger partial charge is 0.408 e. The molecule has 2 aromatic rings. The molecule has 3 rings (SSSR count). The van der Waals surface area contributed by atoms with Gasteiger partial charge in [0.25, 0.3) is 0 Å². The van der Waals surface area contributed by atoms with Crippen LogP contribution >= 0.6 is 0 Å². The number of carbonyl (C=O) groups excluding carboxylic acids is 1. The highest BCUT2D eigenvalue weighted by atomic mass is 19.3. The van der Waals surface area contributed by atoms with Crippen LogP contribution in [-0.4, -0.2) is 45.9 Å². The molecule has 1 aliphatic rings. The third-order valence-corrected chi connectivity index (χ3v) is 5.36. The molecule has 172 valence electrons. The van der Waals surface area contributed by atoms with Crippen molar-refractivity contribution in [1.82, 2.24) is 19.9 Å². The molecular formula is C21H31F2N5O3. The number of methoxy groups -OCH3 is 1. The van der Waals surface area contributed by atoms with Crippen LogP contribution in [0.4, 0.5) is 13.6 Å². The summed E-state index contributed by atoms with van der Waals surface area (Å²) in [5.41, 5.74) is 7.27. The lowest BCUT2D eigenvalue weighted by molar-refractivity contribution is -0.0500. The monoisotopic (exact) mass is 439 g/mol. The van der Waals surface area contributed by atoms with Gasteiger partial charge < -0.3 is 20.5 Å². The van der Waals surface area contributed by atoms with E-state index in [4.69, 9.17) is 15.2 Å². The molecule has 1 saturated carbocycles. The molecule has 0 spiro atoms. The van der Waals surface area contributed by atoms with Gasteiger partial charge in [0.05, 0.1) is 36.8 Å². The molecular weight excluding hydrogens is 408 g/mol. The van der Waals surface area contributed by atoms with Crippen molar-refractivity contribution in [2.24, 2.45) is 11.7 Å². The number of rotatable bonds is 6. The number of aromatic nitrogens is 3. The molecule has 31 heavy (non-hydrogen) atoms. The van der Waals surface area contributed by atoms with Crippen LogP contribution in [0.2, 0.25) is 0 Å². The third-order valence-electron chi connectivity index (χ3n) is 5.36. The SMILES string of the molecule is COCC(N)c1cnn2cc(C(NC(=O)OC(C)(C)C)C3CCC(F)(F)CC3)nc2c1. The summed E-state index contributed by atoms with van der Waals surface area (Å²) in [6.45, 7) is 5.64. The largest absolute Gasteiger partial charge is 0.444 e. The Balaban J connectivity index is 1.88. The van der Waals surface area contributed by atoms with E-state index in [9.17, 15) is 13.6 Å². The van der Waals surface area contributed by atoms with Gasteiger partial charge in [0.15, 0.2) is 5.65 Å². The minimum atomic E-state index is -2.67. The van der Waals surface area contributed by atoms with Crippen molar-refractivity contribution in [3.05, 3.63) is 29.7 Å². The Morgan fingerprint density at radius 2 is 2.06 bits per heavy atom. The van der Waals surface area contributed by atoms with Crippen LogP contribution in [0.15, 0.2) is 18.5 Å². The van der Waals surface area contributed by atoms with Crippen LogP contribution in [0.1, 0.15) is 69.8 Å². The van der Waals surface area contributed by atoms with Gasteiger partial charge in [-0.05, 0) is 51.2 Å². The number of nitrogens with two attached hydrogens (primary N) is 1. The number of nitrogens with zero attached hydrogens (tertiary/aromatic N) is 3. The van der Waals surface area contributed by atoms with Crippen molar-refractivity contribution in [3.63, 3.8) is 0 Å². The number of nitrogens with one attached hydrogen (secondary N) is 1.